The van der Waals surface area contributed by atoms with Gasteiger partial charge in [-0.2, -0.15) is 0 Å². The van der Waals surface area contributed by atoms with Gasteiger partial charge in [0, 0.05) is 13.7 Å². The molecule has 1 aromatic rings. The highest BCUT2D eigenvalue weighted by Gasteiger charge is 2.05. The minimum atomic E-state index is 0. The molecule has 2 N–H and O–H groups in total. The Bertz CT molecular complexity index is 260. The summed E-state index contributed by atoms with van der Waals surface area (Å²) in [6.07, 6.45) is 0.945. The van der Waals surface area contributed by atoms with Crippen LogP contribution in [-0.2, 0) is 11.2 Å². The molecule has 15 heavy (non-hydrogen) atoms. The molecule has 0 saturated heterocycles. The number of methoxy groups -OCH3 is 2. The Morgan fingerprint density at radius 3 is 2.20 bits per heavy atom. The number of rotatable bonds is 5. The van der Waals surface area contributed by atoms with Gasteiger partial charge in [0.25, 0.3) is 0 Å². The molecule has 0 fully saturated rings. The molecule has 0 radical (unpaired) electrons. The molecular weight excluding hydrogens is 214 g/mol. The topological polar surface area (TPSA) is 44.5 Å². The van der Waals surface area contributed by atoms with Gasteiger partial charge in [-0.05, 0) is 24.1 Å². The van der Waals surface area contributed by atoms with Gasteiger partial charge in [-0.1, -0.05) is 12.1 Å². The van der Waals surface area contributed by atoms with Crippen LogP contribution in [-0.4, -0.2) is 26.9 Å². The predicted octanol–water partition coefficient (Wildman–Crippen LogP) is 1.63. The molecule has 0 aliphatic heterocycles. The van der Waals surface area contributed by atoms with Crippen LogP contribution in [0.5, 0.6) is 5.75 Å². The molecule has 3 nitrogen and oxygen atoms in total. The van der Waals surface area contributed by atoms with Crippen LogP contribution in [0.15, 0.2) is 24.3 Å². The van der Waals surface area contributed by atoms with Crippen molar-refractivity contribution in [3.05, 3.63) is 29.8 Å². The maximum atomic E-state index is 5.54. The zero-order chi connectivity index (χ0) is 10.4. The second kappa shape index (κ2) is 7.51. The van der Waals surface area contributed by atoms with Crippen LogP contribution in [0.2, 0.25) is 0 Å². The SMILES string of the molecule is COc1ccc(CC(CN)OC)cc1.Cl. The van der Waals surface area contributed by atoms with Crippen molar-refractivity contribution < 1.29 is 9.47 Å². The standard InChI is InChI=1S/C11H17NO2.ClH/c1-13-10-5-3-9(4-6-10)7-11(8-12)14-2;/h3-6,11H,7-8,12H2,1-2H3;1H. The Kier molecular flexibility index (Phi) is 7.13. The molecule has 1 rings (SSSR count). The third-order valence-electron chi connectivity index (χ3n) is 2.22. The molecule has 0 amide bonds. The molecule has 1 aromatic carbocycles. The van der Waals surface area contributed by atoms with E-state index in [4.69, 9.17) is 15.2 Å². The first-order valence-corrected chi connectivity index (χ1v) is 4.66. The molecule has 0 bridgehead atoms. The first-order valence-electron chi connectivity index (χ1n) is 4.66. The van der Waals surface area contributed by atoms with E-state index in [0.29, 0.717) is 6.54 Å². The minimum Gasteiger partial charge on any atom is -0.497 e. The van der Waals surface area contributed by atoms with Crippen molar-refractivity contribution in [2.45, 2.75) is 12.5 Å². The summed E-state index contributed by atoms with van der Waals surface area (Å²) < 4.78 is 10.3. The average Bonchev–Trinajstić information content (AvgIpc) is 2.26. The maximum Gasteiger partial charge on any atom is 0.118 e. The maximum absolute atomic E-state index is 5.54. The Hall–Kier alpha value is -0.770. The summed E-state index contributed by atoms with van der Waals surface area (Å²) in [6.45, 7) is 0.544. The Morgan fingerprint density at radius 2 is 1.80 bits per heavy atom. The van der Waals surface area contributed by atoms with E-state index < -0.39 is 0 Å². The van der Waals surface area contributed by atoms with Crippen LogP contribution in [0.3, 0.4) is 0 Å². The molecule has 0 aliphatic rings. The molecule has 0 aromatic heterocycles. The van der Waals surface area contributed by atoms with Crippen LogP contribution in [0.25, 0.3) is 0 Å². The van der Waals surface area contributed by atoms with Crippen molar-refractivity contribution in [1.82, 2.24) is 0 Å². The van der Waals surface area contributed by atoms with E-state index in [0.717, 1.165) is 12.2 Å². The van der Waals surface area contributed by atoms with Gasteiger partial charge in [0.1, 0.15) is 5.75 Å². The fourth-order valence-electron chi connectivity index (χ4n) is 1.29. The Balaban J connectivity index is 0.00000196. The van der Waals surface area contributed by atoms with Gasteiger partial charge in [0.2, 0.25) is 0 Å². The van der Waals surface area contributed by atoms with Gasteiger partial charge in [-0.25, -0.2) is 0 Å². The molecular formula is C11H18ClNO2. The predicted molar refractivity (Wildman–Crippen MR) is 63.8 cm³/mol. The zero-order valence-electron chi connectivity index (χ0n) is 9.10. The highest BCUT2D eigenvalue weighted by Crippen LogP contribution is 2.12. The lowest BCUT2D eigenvalue weighted by Crippen LogP contribution is -2.24. The third kappa shape index (κ3) is 4.51. The smallest absolute Gasteiger partial charge is 0.118 e. The number of hydrogen-bond acceptors (Lipinski definition) is 3. The lowest BCUT2D eigenvalue weighted by atomic mass is 10.1. The van der Waals surface area contributed by atoms with Gasteiger partial charge in [-0.15, -0.1) is 12.4 Å². The van der Waals surface area contributed by atoms with E-state index in [1.165, 1.54) is 5.56 Å². The van der Waals surface area contributed by atoms with Gasteiger partial charge in [0.05, 0.1) is 13.2 Å². The first kappa shape index (κ1) is 14.2. The summed E-state index contributed by atoms with van der Waals surface area (Å²) in [6, 6.07) is 7.94. The fourth-order valence-corrected chi connectivity index (χ4v) is 1.29. The summed E-state index contributed by atoms with van der Waals surface area (Å²) in [4.78, 5) is 0. The Morgan fingerprint density at radius 1 is 1.20 bits per heavy atom. The monoisotopic (exact) mass is 231 g/mol. The van der Waals surface area contributed by atoms with E-state index in [1.54, 1.807) is 14.2 Å². The fraction of sp³-hybridized carbons (Fsp3) is 0.455. The summed E-state index contributed by atoms with van der Waals surface area (Å²) in [5, 5.41) is 0. The average molecular weight is 232 g/mol. The van der Waals surface area contributed by atoms with Gasteiger partial charge in [0.15, 0.2) is 0 Å². The van der Waals surface area contributed by atoms with E-state index in [9.17, 15) is 0 Å². The summed E-state index contributed by atoms with van der Waals surface area (Å²) in [7, 11) is 3.34. The van der Waals surface area contributed by atoms with E-state index in [-0.39, 0.29) is 18.5 Å². The lowest BCUT2D eigenvalue weighted by Gasteiger charge is -2.12. The molecule has 0 aliphatic carbocycles. The van der Waals surface area contributed by atoms with Crippen LogP contribution < -0.4 is 10.5 Å². The number of benzene rings is 1. The Labute approximate surface area is 97.0 Å². The highest BCUT2D eigenvalue weighted by atomic mass is 35.5. The summed E-state index contributed by atoms with van der Waals surface area (Å²) in [5.41, 5.74) is 6.75. The van der Waals surface area contributed by atoms with Crippen molar-refractivity contribution in [2.75, 3.05) is 20.8 Å². The van der Waals surface area contributed by atoms with Crippen LogP contribution in [0.1, 0.15) is 5.56 Å². The van der Waals surface area contributed by atoms with Crippen LogP contribution >= 0.6 is 12.4 Å². The third-order valence-corrected chi connectivity index (χ3v) is 2.22. The van der Waals surface area contributed by atoms with Crippen LogP contribution in [0, 0.1) is 0 Å². The van der Waals surface area contributed by atoms with Crippen molar-refractivity contribution in [3.63, 3.8) is 0 Å². The number of halogens is 1. The van der Waals surface area contributed by atoms with Gasteiger partial charge >= 0.3 is 0 Å². The zero-order valence-corrected chi connectivity index (χ0v) is 9.92. The van der Waals surface area contributed by atoms with Crippen molar-refractivity contribution in [2.24, 2.45) is 5.73 Å². The lowest BCUT2D eigenvalue weighted by molar-refractivity contribution is 0.110. The quantitative estimate of drug-likeness (QED) is 0.838. The molecule has 0 spiro atoms. The van der Waals surface area contributed by atoms with Gasteiger partial charge < -0.3 is 15.2 Å². The van der Waals surface area contributed by atoms with Gasteiger partial charge in [-0.3, -0.25) is 0 Å². The van der Waals surface area contributed by atoms with Crippen molar-refractivity contribution >= 4 is 12.4 Å². The molecule has 4 heteroatoms. The van der Waals surface area contributed by atoms with Crippen LogP contribution in [0.4, 0.5) is 0 Å². The summed E-state index contributed by atoms with van der Waals surface area (Å²) >= 11 is 0. The molecule has 1 unspecified atom stereocenters. The molecule has 0 saturated carbocycles. The molecule has 86 valence electrons. The van der Waals surface area contributed by atoms with E-state index >= 15 is 0 Å². The second-order valence-electron chi connectivity index (χ2n) is 3.15. The normalized spacial score (nSPS) is 11.7. The number of ether oxygens (including phenoxy) is 2. The molecule has 0 heterocycles. The largest absolute Gasteiger partial charge is 0.497 e. The van der Waals surface area contributed by atoms with E-state index in [2.05, 4.69) is 0 Å². The minimum absolute atomic E-state index is 0. The number of hydrogen-bond donors (Lipinski definition) is 1. The highest BCUT2D eigenvalue weighted by molar-refractivity contribution is 5.85. The second-order valence-corrected chi connectivity index (χ2v) is 3.15. The van der Waals surface area contributed by atoms with Crippen molar-refractivity contribution in [3.8, 4) is 5.75 Å². The first-order chi connectivity index (χ1) is 6.80. The summed E-state index contributed by atoms with van der Waals surface area (Å²) in [5.74, 6) is 0.871. The van der Waals surface area contributed by atoms with E-state index in [1.807, 2.05) is 24.3 Å². The molecule has 1 atom stereocenters. The number of nitrogens with two attached hydrogens (primary N) is 1. The van der Waals surface area contributed by atoms with Crippen molar-refractivity contribution in [1.29, 1.82) is 0 Å².